The highest BCUT2D eigenvalue weighted by atomic mass is 19.4. The predicted molar refractivity (Wildman–Crippen MR) is 103 cm³/mol. The van der Waals surface area contributed by atoms with Gasteiger partial charge in [-0.2, -0.15) is 13.2 Å². The summed E-state index contributed by atoms with van der Waals surface area (Å²) in [4.78, 5) is 27.5. The van der Waals surface area contributed by atoms with Crippen LogP contribution in [0.2, 0.25) is 0 Å². The summed E-state index contributed by atoms with van der Waals surface area (Å²) >= 11 is 0. The van der Waals surface area contributed by atoms with Crippen molar-refractivity contribution in [3.63, 3.8) is 0 Å². The smallest absolute Gasteiger partial charge is 0.475 e. The minimum absolute atomic E-state index is 0.115. The molecule has 0 aromatic carbocycles. The van der Waals surface area contributed by atoms with Crippen LogP contribution < -0.4 is 0 Å². The number of aliphatic carboxylic acids is 1. The van der Waals surface area contributed by atoms with Crippen molar-refractivity contribution in [2.75, 3.05) is 19.7 Å². The van der Waals surface area contributed by atoms with Crippen LogP contribution in [0.4, 0.5) is 13.2 Å². The van der Waals surface area contributed by atoms with E-state index in [-0.39, 0.29) is 11.7 Å². The number of carboxylic acids is 1. The second-order valence-electron chi connectivity index (χ2n) is 8.36. The summed E-state index contributed by atoms with van der Waals surface area (Å²) in [5.41, 5.74) is 0.903. The maximum atomic E-state index is 12.4. The fraction of sp³-hybridized carbons (Fsp3) is 0.667. The van der Waals surface area contributed by atoms with E-state index >= 15 is 0 Å². The fourth-order valence-electron chi connectivity index (χ4n) is 3.90. The first kappa shape index (κ1) is 23.5. The van der Waals surface area contributed by atoms with Crippen LogP contribution in [0, 0.1) is 5.92 Å². The van der Waals surface area contributed by atoms with Gasteiger partial charge < -0.3 is 19.5 Å². The molecule has 3 aliphatic rings. The van der Waals surface area contributed by atoms with Gasteiger partial charge in [-0.3, -0.25) is 9.78 Å². The second kappa shape index (κ2) is 9.95. The summed E-state index contributed by atoms with van der Waals surface area (Å²) < 4.78 is 43.9. The van der Waals surface area contributed by atoms with Gasteiger partial charge in [-0.25, -0.2) is 4.79 Å². The molecular formula is C21H27F3N2O5. The number of piperidine rings is 1. The summed E-state index contributed by atoms with van der Waals surface area (Å²) in [6.07, 6.45) is 4.79. The molecule has 1 aliphatic carbocycles. The molecule has 0 bridgehead atoms. The molecule has 1 N–H and O–H groups in total. The van der Waals surface area contributed by atoms with Crippen molar-refractivity contribution in [1.82, 2.24) is 9.88 Å². The first-order valence-electron chi connectivity index (χ1n) is 10.4. The van der Waals surface area contributed by atoms with E-state index in [1.165, 1.54) is 12.8 Å². The fourth-order valence-corrected chi connectivity index (χ4v) is 3.90. The molecule has 1 saturated carbocycles. The number of hydrogen-bond donors (Lipinski definition) is 1. The van der Waals surface area contributed by atoms with Gasteiger partial charge in [-0.05, 0) is 43.2 Å². The molecule has 1 aromatic heterocycles. The minimum Gasteiger partial charge on any atom is -0.475 e. The monoisotopic (exact) mass is 444 g/mol. The molecule has 7 nitrogen and oxygen atoms in total. The van der Waals surface area contributed by atoms with Crippen molar-refractivity contribution in [2.24, 2.45) is 5.92 Å². The van der Waals surface area contributed by atoms with Crippen molar-refractivity contribution in [3.8, 4) is 0 Å². The van der Waals surface area contributed by atoms with E-state index in [1.807, 2.05) is 23.2 Å². The lowest BCUT2D eigenvalue weighted by molar-refractivity contribution is -0.192. The van der Waals surface area contributed by atoms with Gasteiger partial charge in [0.1, 0.15) is 0 Å². The lowest BCUT2D eigenvalue weighted by atomic mass is 9.89. The van der Waals surface area contributed by atoms with Crippen LogP contribution in [0.3, 0.4) is 0 Å². The van der Waals surface area contributed by atoms with Crippen molar-refractivity contribution in [3.05, 3.63) is 30.1 Å². The van der Waals surface area contributed by atoms with E-state index in [2.05, 4.69) is 4.98 Å². The number of carbonyl (C=O) groups is 2. The Labute approximate surface area is 178 Å². The highest BCUT2D eigenvalue weighted by Gasteiger charge is 2.45. The third-order valence-electron chi connectivity index (χ3n) is 5.68. The zero-order valence-electron chi connectivity index (χ0n) is 17.1. The Bertz CT molecular complexity index is 757. The van der Waals surface area contributed by atoms with E-state index in [9.17, 15) is 18.0 Å². The first-order chi connectivity index (χ1) is 14.7. The number of aromatic nitrogens is 1. The lowest BCUT2D eigenvalue weighted by Crippen LogP contribution is -2.50. The molecule has 0 radical (unpaired) electrons. The van der Waals surface area contributed by atoms with Gasteiger partial charge in [-0.1, -0.05) is 6.07 Å². The Kier molecular flexibility index (Phi) is 7.53. The first-order valence-corrected chi connectivity index (χ1v) is 10.4. The van der Waals surface area contributed by atoms with Gasteiger partial charge in [0, 0.05) is 38.3 Å². The van der Waals surface area contributed by atoms with Gasteiger partial charge in [-0.15, -0.1) is 0 Å². The molecular weight excluding hydrogens is 417 g/mol. The Morgan fingerprint density at radius 2 is 2.10 bits per heavy atom. The average Bonchev–Trinajstić information content (AvgIpc) is 3.47. The van der Waals surface area contributed by atoms with Gasteiger partial charge in [0.2, 0.25) is 5.91 Å². The summed E-state index contributed by atoms with van der Waals surface area (Å²) in [5.74, 6) is -1.79. The predicted octanol–water partition coefficient (Wildman–Crippen LogP) is 3.18. The Hall–Kier alpha value is -2.20. The van der Waals surface area contributed by atoms with E-state index in [4.69, 9.17) is 19.4 Å². The minimum atomic E-state index is -5.08. The van der Waals surface area contributed by atoms with Gasteiger partial charge in [0.15, 0.2) is 0 Å². The Morgan fingerprint density at radius 1 is 1.35 bits per heavy atom. The largest absolute Gasteiger partial charge is 0.490 e. The summed E-state index contributed by atoms with van der Waals surface area (Å²) in [6.45, 7) is 2.83. The van der Waals surface area contributed by atoms with Gasteiger partial charge in [0.05, 0.1) is 24.9 Å². The summed E-state index contributed by atoms with van der Waals surface area (Å²) in [5, 5.41) is 7.12. The number of carbonyl (C=O) groups excluding carboxylic acids is 1. The number of halogens is 3. The van der Waals surface area contributed by atoms with Crippen LogP contribution >= 0.6 is 0 Å². The number of alkyl halides is 3. The van der Waals surface area contributed by atoms with E-state index in [0.29, 0.717) is 25.0 Å². The molecule has 4 rings (SSSR count). The molecule has 1 amide bonds. The number of pyridine rings is 1. The number of carboxylic acid groups (broad SMARTS) is 1. The summed E-state index contributed by atoms with van der Waals surface area (Å²) in [6, 6.07) is 3.95. The third kappa shape index (κ3) is 7.17. The maximum Gasteiger partial charge on any atom is 0.490 e. The van der Waals surface area contributed by atoms with Crippen molar-refractivity contribution < 1.29 is 37.3 Å². The summed E-state index contributed by atoms with van der Waals surface area (Å²) in [7, 11) is 0. The topological polar surface area (TPSA) is 89.0 Å². The molecule has 2 saturated heterocycles. The number of likely N-dealkylation sites (tertiary alicyclic amines) is 1. The highest BCUT2D eigenvalue weighted by Crippen LogP contribution is 2.38. The molecule has 3 heterocycles. The number of ether oxygens (including phenoxy) is 2. The zero-order valence-corrected chi connectivity index (χ0v) is 17.1. The standard InChI is InChI=1S/C19H26N2O3.C2HF3O2/c22-18(9-15-4-5-15)21-8-2-6-19(14-21)10-17(13-24-19)23-12-16-3-1-7-20-11-16;3-2(4,5)1(6)7/h1,3,7,11,15,17H,2,4-6,8-10,12-14H2;(H,6,7)/t17-,19-;/m0./s1. The van der Waals surface area contributed by atoms with Crippen LogP contribution in [-0.2, 0) is 25.7 Å². The number of amides is 1. The molecule has 2 aliphatic heterocycles. The van der Waals surface area contributed by atoms with Crippen LogP contribution in [-0.4, -0.2) is 64.4 Å². The molecule has 172 valence electrons. The average molecular weight is 444 g/mol. The molecule has 1 spiro atoms. The molecule has 3 fully saturated rings. The Morgan fingerprint density at radius 3 is 2.71 bits per heavy atom. The highest BCUT2D eigenvalue weighted by molar-refractivity contribution is 5.77. The van der Waals surface area contributed by atoms with Crippen LogP contribution in [0.1, 0.15) is 44.1 Å². The molecule has 2 atom stereocenters. The molecule has 10 heteroatoms. The number of rotatable bonds is 5. The molecule has 31 heavy (non-hydrogen) atoms. The van der Waals surface area contributed by atoms with E-state index in [0.717, 1.165) is 44.3 Å². The molecule has 1 aromatic rings. The normalized spacial score (nSPS) is 25.8. The Balaban J connectivity index is 0.000000339. The van der Waals surface area contributed by atoms with E-state index in [1.54, 1.807) is 6.20 Å². The quantitative estimate of drug-likeness (QED) is 0.751. The van der Waals surface area contributed by atoms with Gasteiger partial charge >= 0.3 is 12.1 Å². The number of hydrogen-bond acceptors (Lipinski definition) is 5. The third-order valence-corrected chi connectivity index (χ3v) is 5.68. The van der Waals surface area contributed by atoms with Gasteiger partial charge in [0.25, 0.3) is 0 Å². The number of nitrogens with zero attached hydrogens (tertiary/aromatic N) is 2. The SMILES string of the molecule is O=C(CC1CC1)N1CCC[C@]2(C[C@H](OCc3cccnc3)CO2)C1.O=C(O)C(F)(F)F. The maximum absolute atomic E-state index is 12.4. The molecule has 0 unspecified atom stereocenters. The van der Waals surface area contributed by atoms with Crippen LogP contribution in [0.15, 0.2) is 24.5 Å². The van der Waals surface area contributed by atoms with Crippen LogP contribution in [0.25, 0.3) is 0 Å². The second-order valence-corrected chi connectivity index (χ2v) is 8.36. The zero-order chi connectivity index (χ0) is 22.5. The van der Waals surface area contributed by atoms with Crippen LogP contribution in [0.5, 0.6) is 0 Å². The van der Waals surface area contributed by atoms with Crippen molar-refractivity contribution in [1.29, 1.82) is 0 Å². The van der Waals surface area contributed by atoms with E-state index < -0.39 is 12.1 Å². The van der Waals surface area contributed by atoms with Crippen molar-refractivity contribution >= 4 is 11.9 Å². The van der Waals surface area contributed by atoms with Crippen molar-refractivity contribution in [2.45, 2.75) is 63.0 Å². The lowest BCUT2D eigenvalue weighted by Gasteiger charge is -2.39.